The first-order valence-corrected chi connectivity index (χ1v) is 8.61. The summed E-state index contributed by atoms with van der Waals surface area (Å²) in [5.74, 6) is -0.202. The molecule has 0 radical (unpaired) electrons. The van der Waals surface area contributed by atoms with E-state index in [1.54, 1.807) is 24.5 Å². The first-order chi connectivity index (χ1) is 11.7. The largest absolute Gasteiger partial charge is 0.380 e. The quantitative estimate of drug-likeness (QED) is 0.625. The predicted octanol–water partition coefficient (Wildman–Crippen LogP) is 5.35. The van der Waals surface area contributed by atoms with Crippen LogP contribution in [-0.4, -0.2) is 13.0 Å². The van der Waals surface area contributed by atoms with Gasteiger partial charge in [0.25, 0.3) is 0 Å². The van der Waals surface area contributed by atoms with E-state index in [9.17, 15) is 4.79 Å². The number of halogens is 1. The SMILES string of the molecule is COCc1ccccc1NC(=O)/C=C/c1sc2ccccc2c1Cl. The molecule has 3 aromatic rings. The molecule has 0 saturated carbocycles. The fourth-order valence-corrected chi connectivity index (χ4v) is 3.79. The molecule has 1 N–H and O–H groups in total. The highest BCUT2D eigenvalue weighted by atomic mass is 35.5. The van der Waals surface area contributed by atoms with Crippen LogP contribution < -0.4 is 5.32 Å². The zero-order valence-electron chi connectivity index (χ0n) is 13.1. The maximum atomic E-state index is 12.2. The fraction of sp³-hybridized carbons (Fsp3) is 0.105. The standard InChI is InChI=1S/C19H16ClNO2S/c1-23-12-13-6-2-4-8-15(13)21-18(22)11-10-17-19(20)14-7-3-5-9-16(14)24-17/h2-11H,12H2,1H3,(H,21,22)/b11-10+. The Hall–Kier alpha value is -2.14. The van der Waals surface area contributed by atoms with Crippen molar-refractivity contribution in [3.8, 4) is 0 Å². The molecule has 0 unspecified atom stereocenters. The van der Waals surface area contributed by atoms with Gasteiger partial charge in [-0.3, -0.25) is 4.79 Å². The summed E-state index contributed by atoms with van der Waals surface area (Å²) >= 11 is 7.94. The van der Waals surface area contributed by atoms with Crippen LogP contribution in [0.25, 0.3) is 16.2 Å². The number of amides is 1. The molecular formula is C19H16ClNO2S. The van der Waals surface area contributed by atoms with Crippen molar-refractivity contribution in [3.63, 3.8) is 0 Å². The lowest BCUT2D eigenvalue weighted by atomic mass is 10.2. The van der Waals surface area contributed by atoms with E-state index < -0.39 is 0 Å². The zero-order valence-corrected chi connectivity index (χ0v) is 14.7. The van der Waals surface area contributed by atoms with Crippen LogP contribution in [0.15, 0.2) is 54.6 Å². The van der Waals surface area contributed by atoms with Gasteiger partial charge in [0, 0.05) is 39.4 Å². The topological polar surface area (TPSA) is 38.3 Å². The van der Waals surface area contributed by atoms with Gasteiger partial charge >= 0.3 is 0 Å². The highest BCUT2D eigenvalue weighted by Crippen LogP contribution is 2.35. The van der Waals surface area contributed by atoms with Crippen LogP contribution in [0, 0.1) is 0 Å². The number of para-hydroxylation sites is 1. The number of carbonyl (C=O) groups is 1. The van der Waals surface area contributed by atoms with Crippen molar-refractivity contribution >= 4 is 50.7 Å². The number of carbonyl (C=O) groups excluding carboxylic acids is 1. The van der Waals surface area contributed by atoms with Crippen LogP contribution in [0.1, 0.15) is 10.4 Å². The average molecular weight is 358 g/mol. The van der Waals surface area contributed by atoms with Gasteiger partial charge in [-0.1, -0.05) is 48.0 Å². The minimum atomic E-state index is -0.202. The molecule has 0 aliphatic heterocycles. The number of anilines is 1. The molecule has 3 nitrogen and oxygen atoms in total. The van der Waals surface area contributed by atoms with E-state index in [0.717, 1.165) is 26.2 Å². The van der Waals surface area contributed by atoms with Gasteiger partial charge < -0.3 is 10.1 Å². The fourth-order valence-electron chi connectivity index (χ4n) is 2.39. The van der Waals surface area contributed by atoms with Crippen molar-refractivity contribution in [2.75, 3.05) is 12.4 Å². The summed E-state index contributed by atoms with van der Waals surface area (Å²) in [6, 6.07) is 15.5. The summed E-state index contributed by atoms with van der Waals surface area (Å²) in [5, 5.41) is 4.56. The molecule has 0 aliphatic rings. The molecule has 0 atom stereocenters. The molecule has 0 spiro atoms. The minimum Gasteiger partial charge on any atom is -0.380 e. The van der Waals surface area contributed by atoms with Crippen LogP contribution >= 0.6 is 22.9 Å². The van der Waals surface area contributed by atoms with Gasteiger partial charge in [-0.05, 0) is 18.2 Å². The molecule has 3 rings (SSSR count). The molecule has 1 heterocycles. The van der Waals surface area contributed by atoms with Crippen molar-refractivity contribution in [3.05, 3.63) is 70.1 Å². The Morgan fingerprint density at radius 3 is 2.75 bits per heavy atom. The van der Waals surface area contributed by atoms with Gasteiger partial charge in [-0.15, -0.1) is 11.3 Å². The van der Waals surface area contributed by atoms with E-state index in [-0.39, 0.29) is 5.91 Å². The Morgan fingerprint density at radius 2 is 1.96 bits per heavy atom. The highest BCUT2D eigenvalue weighted by molar-refractivity contribution is 7.20. The van der Waals surface area contributed by atoms with Gasteiger partial charge in [0.15, 0.2) is 0 Å². The molecule has 122 valence electrons. The zero-order chi connectivity index (χ0) is 16.9. The molecule has 5 heteroatoms. The lowest BCUT2D eigenvalue weighted by molar-refractivity contribution is -0.111. The Balaban J connectivity index is 1.77. The molecule has 2 aromatic carbocycles. The number of benzene rings is 2. The van der Waals surface area contributed by atoms with Gasteiger partial charge in [0.2, 0.25) is 5.91 Å². The van der Waals surface area contributed by atoms with Gasteiger partial charge in [-0.2, -0.15) is 0 Å². The third kappa shape index (κ3) is 3.67. The van der Waals surface area contributed by atoms with Crippen LogP contribution in [0.4, 0.5) is 5.69 Å². The van der Waals surface area contributed by atoms with E-state index in [1.165, 1.54) is 6.08 Å². The normalized spacial score (nSPS) is 11.2. The lowest BCUT2D eigenvalue weighted by Gasteiger charge is -2.08. The predicted molar refractivity (Wildman–Crippen MR) is 102 cm³/mol. The lowest BCUT2D eigenvalue weighted by Crippen LogP contribution is -2.09. The number of rotatable bonds is 5. The molecule has 0 aliphatic carbocycles. The van der Waals surface area contributed by atoms with Crippen LogP contribution in [0.2, 0.25) is 5.02 Å². The smallest absolute Gasteiger partial charge is 0.248 e. The number of hydrogen-bond donors (Lipinski definition) is 1. The first-order valence-electron chi connectivity index (χ1n) is 7.42. The Bertz CT molecular complexity index is 901. The van der Waals surface area contributed by atoms with Crippen LogP contribution in [-0.2, 0) is 16.1 Å². The monoisotopic (exact) mass is 357 g/mol. The van der Waals surface area contributed by atoms with Gasteiger partial charge in [-0.25, -0.2) is 0 Å². The maximum absolute atomic E-state index is 12.2. The number of methoxy groups -OCH3 is 1. The second kappa shape index (κ2) is 7.62. The van der Waals surface area contributed by atoms with Crippen LogP contribution in [0.5, 0.6) is 0 Å². The second-order valence-corrected chi connectivity index (χ2v) is 6.65. The molecular weight excluding hydrogens is 342 g/mol. The van der Waals surface area contributed by atoms with Crippen molar-refractivity contribution in [1.29, 1.82) is 0 Å². The summed E-state index contributed by atoms with van der Waals surface area (Å²) in [4.78, 5) is 13.1. The second-order valence-electron chi connectivity index (χ2n) is 5.19. The summed E-state index contributed by atoms with van der Waals surface area (Å²) in [7, 11) is 1.63. The number of hydrogen-bond acceptors (Lipinski definition) is 3. The third-order valence-corrected chi connectivity index (χ3v) is 5.18. The first kappa shape index (κ1) is 16.7. The van der Waals surface area contributed by atoms with E-state index in [2.05, 4.69) is 5.32 Å². The minimum absolute atomic E-state index is 0.202. The van der Waals surface area contributed by atoms with Gasteiger partial charge in [0.1, 0.15) is 0 Å². The number of fused-ring (bicyclic) bond motifs is 1. The number of ether oxygens (including phenoxy) is 1. The van der Waals surface area contributed by atoms with Crippen molar-refractivity contribution in [1.82, 2.24) is 0 Å². The van der Waals surface area contributed by atoms with E-state index in [1.807, 2.05) is 48.5 Å². The Morgan fingerprint density at radius 1 is 1.21 bits per heavy atom. The molecule has 1 amide bonds. The molecule has 0 bridgehead atoms. The maximum Gasteiger partial charge on any atom is 0.248 e. The summed E-state index contributed by atoms with van der Waals surface area (Å²) in [6.45, 7) is 0.447. The number of nitrogens with one attached hydrogen (secondary N) is 1. The summed E-state index contributed by atoms with van der Waals surface area (Å²) in [5.41, 5.74) is 1.68. The average Bonchev–Trinajstić information content (AvgIpc) is 2.92. The van der Waals surface area contributed by atoms with E-state index >= 15 is 0 Å². The highest BCUT2D eigenvalue weighted by Gasteiger charge is 2.08. The third-order valence-electron chi connectivity index (χ3n) is 3.52. The van der Waals surface area contributed by atoms with Crippen molar-refractivity contribution < 1.29 is 9.53 Å². The van der Waals surface area contributed by atoms with Gasteiger partial charge in [0.05, 0.1) is 11.6 Å². The van der Waals surface area contributed by atoms with Crippen LogP contribution in [0.3, 0.4) is 0 Å². The molecule has 0 fully saturated rings. The van der Waals surface area contributed by atoms with E-state index in [0.29, 0.717) is 11.6 Å². The Labute approximate surface area is 149 Å². The molecule has 24 heavy (non-hydrogen) atoms. The van der Waals surface area contributed by atoms with E-state index in [4.69, 9.17) is 16.3 Å². The van der Waals surface area contributed by atoms with Crippen molar-refractivity contribution in [2.24, 2.45) is 0 Å². The summed E-state index contributed by atoms with van der Waals surface area (Å²) < 4.78 is 6.25. The molecule has 1 aromatic heterocycles. The summed E-state index contributed by atoms with van der Waals surface area (Å²) in [6.07, 6.45) is 3.25. The number of thiophene rings is 1. The van der Waals surface area contributed by atoms with Crippen molar-refractivity contribution in [2.45, 2.75) is 6.61 Å². The molecule has 0 saturated heterocycles. The Kier molecular flexibility index (Phi) is 5.30.